The first-order chi connectivity index (χ1) is 13.9. The topological polar surface area (TPSA) is 68.2 Å². The van der Waals surface area contributed by atoms with Gasteiger partial charge >= 0.3 is 0 Å². The number of carbonyl (C=O) groups excluding carboxylic acids is 1. The van der Waals surface area contributed by atoms with Crippen LogP contribution in [0, 0.1) is 0 Å². The van der Waals surface area contributed by atoms with Gasteiger partial charge in [-0.3, -0.25) is 14.4 Å². The number of amides is 1. The molecule has 0 saturated carbocycles. The van der Waals surface area contributed by atoms with Gasteiger partial charge in [-0.1, -0.05) is 48.3 Å². The summed E-state index contributed by atoms with van der Waals surface area (Å²) in [6.45, 7) is 2.39. The zero-order chi connectivity index (χ0) is 21.0. The number of aromatic nitrogens is 1. The Labute approximate surface area is 177 Å². The van der Waals surface area contributed by atoms with Crippen LogP contribution in [0.25, 0.3) is 10.9 Å². The highest BCUT2D eigenvalue weighted by Gasteiger charge is 2.12. The van der Waals surface area contributed by atoms with Crippen molar-refractivity contribution in [3.8, 4) is 0 Å². The van der Waals surface area contributed by atoms with Crippen molar-refractivity contribution in [2.24, 2.45) is 0 Å². The van der Waals surface area contributed by atoms with Crippen molar-refractivity contribution in [1.82, 2.24) is 4.57 Å². The maximum atomic E-state index is 13.0. The van der Waals surface area contributed by atoms with Gasteiger partial charge in [0.05, 0.1) is 5.52 Å². The smallest absolute Gasteiger partial charge is 0.274 e. The molecule has 1 amide bonds. The Morgan fingerprint density at radius 2 is 1.83 bits per heavy atom. The Balaban J connectivity index is 1.91. The molecule has 3 aromatic rings. The zero-order valence-electron chi connectivity index (χ0n) is 15.9. The van der Waals surface area contributed by atoms with Crippen LogP contribution in [0.15, 0.2) is 58.1 Å². The highest BCUT2D eigenvalue weighted by atomic mass is 35.5. The number of halogens is 2. The van der Waals surface area contributed by atoms with Gasteiger partial charge in [0.1, 0.15) is 5.69 Å². The van der Waals surface area contributed by atoms with Crippen LogP contribution in [0.1, 0.15) is 25.3 Å². The van der Waals surface area contributed by atoms with E-state index in [0.717, 1.165) is 5.56 Å². The number of aryl methyl sites for hydroxylation is 2. The molecule has 1 aromatic heterocycles. The summed E-state index contributed by atoms with van der Waals surface area (Å²) in [4.78, 5) is 38.1. The van der Waals surface area contributed by atoms with Crippen LogP contribution in [0.5, 0.6) is 0 Å². The van der Waals surface area contributed by atoms with Gasteiger partial charge < -0.3 is 9.88 Å². The van der Waals surface area contributed by atoms with Gasteiger partial charge in [-0.05, 0) is 42.7 Å². The fourth-order valence-corrected chi connectivity index (χ4v) is 3.67. The molecule has 0 aliphatic carbocycles. The minimum atomic E-state index is -0.400. The van der Waals surface area contributed by atoms with Gasteiger partial charge in [-0.15, -0.1) is 0 Å². The van der Waals surface area contributed by atoms with E-state index < -0.39 is 5.56 Å². The number of anilines is 1. The first-order valence-electron chi connectivity index (χ1n) is 9.31. The predicted molar refractivity (Wildman–Crippen MR) is 118 cm³/mol. The molecule has 7 heteroatoms. The Bertz CT molecular complexity index is 1190. The van der Waals surface area contributed by atoms with Crippen LogP contribution in [0.2, 0.25) is 10.0 Å². The summed E-state index contributed by atoms with van der Waals surface area (Å²) in [7, 11) is 0. The average Bonchev–Trinajstić information content (AvgIpc) is 2.78. The van der Waals surface area contributed by atoms with Gasteiger partial charge in [0, 0.05) is 34.5 Å². The SMILES string of the molecule is CCCn1c(=O)c(NC(=O)CCc2ccc(Cl)cc2Cl)cc(=O)c2ccccc21. The van der Waals surface area contributed by atoms with Crippen molar-refractivity contribution in [2.45, 2.75) is 32.7 Å². The molecular formula is C22H20Cl2N2O3. The van der Waals surface area contributed by atoms with Crippen LogP contribution in [-0.2, 0) is 17.8 Å². The molecule has 0 saturated heterocycles. The number of hydrogen-bond acceptors (Lipinski definition) is 3. The van der Waals surface area contributed by atoms with Crippen molar-refractivity contribution in [3.63, 3.8) is 0 Å². The third-order valence-electron chi connectivity index (χ3n) is 4.57. The van der Waals surface area contributed by atoms with Crippen molar-refractivity contribution in [3.05, 3.63) is 84.7 Å². The van der Waals surface area contributed by atoms with E-state index in [1.54, 1.807) is 42.5 Å². The molecule has 0 atom stereocenters. The minimum absolute atomic E-state index is 0.0214. The molecule has 2 aromatic carbocycles. The fourth-order valence-electron chi connectivity index (χ4n) is 3.16. The second-order valence-corrected chi connectivity index (χ2v) is 7.52. The summed E-state index contributed by atoms with van der Waals surface area (Å²) in [5.41, 5.74) is 0.597. The number of para-hydroxylation sites is 1. The molecule has 0 bridgehead atoms. The van der Waals surface area contributed by atoms with Crippen molar-refractivity contribution >= 4 is 45.7 Å². The predicted octanol–water partition coefficient (Wildman–Crippen LogP) is 4.65. The van der Waals surface area contributed by atoms with Gasteiger partial charge in [0.2, 0.25) is 5.91 Å². The second-order valence-electron chi connectivity index (χ2n) is 6.68. The van der Waals surface area contributed by atoms with Crippen LogP contribution < -0.4 is 16.3 Å². The van der Waals surface area contributed by atoms with Gasteiger partial charge in [-0.2, -0.15) is 0 Å². The van der Waals surface area contributed by atoms with Crippen LogP contribution in [0.4, 0.5) is 5.69 Å². The van der Waals surface area contributed by atoms with Gasteiger partial charge in [-0.25, -0.2) is 0 Å². The summed E-state index contributed by atoms with van der Waals surface area (Å²) >= 11 is 12.0. The summed E-state index contributed by atoms with van der Waals surface area (Å²) in [5, 5.41) is 4.04. The molecule has 0 fully saturated rings. The maximum Gasteiger partial charge on any atom is 0.274 e. The molecule has 0 spiro atoms. The largest absolute Gasteiger partial charge is 0.321 e. The molecule has 0 radical (unpaired) electrons. The van der Waals surface area contributed by atoms with Crippen molar-refractivity contribution < 1.29 is 4.79 Å². The molecule has 0 unspecified atom stereocenters. The van der Waals surface area contributed by atoms with E-state index in [1.807, 2.05) is 6.92 Å². The number of nitrogens with zero attached hydrogens (tertiary/aromatic N) is 1. The summed E-state index contributed by atoms with van der Waals surface area (Å²) in [6.07, 6.45) is 1.21. The Morgan fingerprint density at radius 3 is 2.55 bits per heavy atom. The quantitative estimate of drug-likeness (QED) is 0.618. The van der Waals surface area contributed by atoms with Crippen molar-refractivity contribution in [2.75, 3.05) is 5.32 Å². The van der Waals surface area contributed by atoms with E-state index in [2.05, 4.69) is 5.32 Å². The zero-order valence-corrected chi connectivity index (χ0v) is 17.4. The lowest BCUT2D eigenvalue weighted by Gasteiger charge is -2.08. The second kappa shape index (κ2) is 9.25. The molecule has 29 heavy (non-hydrogen) atoms. The third-order valence-corrected chi connectivity index (χ3v) is 5.16. The Kier molecular flexibility index (Phi) is 6.72. The van der Waals surface area contributed by atoms with Gasteiger partial charge in [0.15, 0.2) is 5.43 Å². The number of fused-ring (bicyclic) bond motifs is 1. The number of carbonyl (C=O) groups is 1. The first kappa shape index (κ1) is 21.1. The molecular weight excluding hydrogens is 411 g/mol. The number of hydrogen-bond donors (Lipinski definition) is 1. The monoisotopic (exact) mass is 430 g/mol. The first-order valence-corrected chi connectivity index (χ1v) is 10.1. The van der Waals surface area contributed by atoms with E-state index in [-0.39, 0.29) is 23.4 Å². The fraction of sp³-hybridized carbons (Fsp3) is 0.227. The van der Waals surface area contributed by atoms with E-state index in [4.69, 9.17) is 23.2 Å². The maximum absolute atomic E-state index is 13.0. The van der Waals surface area contributed by atoms with Crippen molar-refractivity contribution in [1.29, 1.82) is 0 Å². The molecule has 5 nitrogen and oxygen atoms in total. The summed E-state index contributed by atoms with van der Waals surface area (Å²) < 4.78 is 1.53. The molecule has 3 rings (SSSR count). The summed E-state index contributed by atoms with van der Waals surface area (Å²) in [6, 6.07) is 13.2. The number of benzene rings is 2. The third kappa shape index (κ3) is 4.86. The molecule has 1 heterocycles. The minimum Gasteiger partial charge on any atom is -0.321 e. The lowest BCUT2D eigenvalue weighted by molar-refractivity contribution is -0.116. The summed E-state index contributed by atoms with van der Waals surface area (Å²) in [5.74, 6) is -0.370. The molecule has 0 aliphatic rings. The molecule has 150 valence electrons. The molecule has 1 N–H and O–H groups in total. The Morgan fingerprint density at radius 1 is 1.07 bits per heavy atom. The van der Waals surface area contributed by atoms with E-state index in [1.165, 1.54) is 10.6 Å². The van der Waals surface area contributed by atoms with Crippen LogP contribution >= 0.6 is 23.2 Å². The number of nitrogens with one attached hydrogen (secondary N) is 1. The average molecular weight is 431 g/mol. The van der Waals surface area contributed by atoms with E-state index >= 15 is 0 Å². The van der Waals surface area contributed by atoms with Crippen LogP contribution in [-0.4, -0.2) is 10.5 Å². The normalized spacial score (nSPS) is 10.9. The highest BCUT2D eigenvalue weighted by molar-refractivity contribution is 6.35. The Hall–Kier alpha value is -2.63. The lowest BCUT2D eigenvalue weighted by atomic mass is 10.1. The van der Waals surface area contributed by atoms with E-state index in [9.17, 15) is 14.4 Å². The number of rotatable bonds is 6. The standard InChI is InChI=1S/C22H20Cl2N2O3/c1-2-11-26-19-6-4-3-5-16(19)20(27)13-18(22(26)29)25-21(28)10-8-14-7-9-15(23)12-17(14)24/h3-7,9,12-13H,2,8,10-11H2,1H3,(H,25,28). The molecule has 0 aliphatic heterocycles. The van der Waals surface area contributed by atoms with Gasteiger partial charge in [0.25, 0.3) is 5.56 Å². The van der Waals surface area contributed by atoms with E-state index in [0.29, 0.717) is 40.3 Å². The highest BCUT2D eigenvalue weighted by Crippen LogP contribution is 2.22. The van der Waals surface area contributed by atoms with Crippen LogP contribution in [0.3, 0.4) is 0 Å². The lowest BCUT2D eigenvalue weighted by Crippen LogP contribution is -2.24.